The Morgan fingerprint density at radius 3 is 2.63 bits per heavy atom. The smallest absolute Gasteiger partial charge is 0.262 e. The van der Waals surface area contributed by atoms with Crippen LogP contribution in [0.3, 0.4) is 0 Å². The molecule has 0 radical (unpaired) electrons. The Balaban J connectivity index is 1.43. The highest BCUT2D eigenvalue weighted by atomic mass is 16.5. The molecule has 3 aromatic carbocycles. The lowest BCUT2D eigenvalue weighted by molar-refractivity contribution is -0.118. The van der Waals surface area contributed by atoms with Gasteiger partial charge in [-0.2, -0.15) is 10.2 Å². The Hall–Kier alpha value is -4.79. The predicted octanol–water partition coefficient (Wildman–Crippen LogP) is 4.58. The summed E-state index contributed by atoms with van der Waals surface area (Å²) in [6, 6.07) is 21.2. The van der Waals surface area contributed by atoms with E-state index in [1.807, 2.05) is 43.3 Å². The average molecular weight is 472 g/mol. The van der Waals surface area contributed by atoms with E-state index in [0.29, 0.717) is 39.9 Å². The molecule has 35 heavy (non-hydrogen) atoms. The minimum atomic E-state index is -0.352. The number of aromatic hydroxyl groups is 1. The quantitative estimate of drug-likeness (QED) is 0.169. The maximum Gasteiger partial charge on any atom is 0.262 e. The fourth-order valence-electron chi connectivity index (χ4n) is 3.38. The fraction of sp³-hybridized carbons (Fsp3) is 0.115. The molecule has 0 aliphatic carbocycles. The molecule has 0 spiro atoms. The zero-order valence-electron chi connectivity index (χ0n) is 19.3. The van der Waals surface area contributed by atoms with Gasteiger partial charge in [-0.15, -0.1) is 0 Å². The first kappa shape index (κ1) is 23.4. The topological polar surface area (TPSA) is 135 Å². The van der Waals surface area contributed by atoms with Crippen LogP contribution in [0.1, 0.15) is 18.2 Å². The standard InChI is InChI=1S/C26H25N5O4/c1-16(29-27)18-7-6-8-19(13-18)28-24(33)15-34-21-11-12-22(23(32)14-21)25-26(17(2)30-31-25)35-20-9-4-3-5-10-20/h3-14,32H,15,27H2,1-2H3,(H,28,33)(H,30,31). The van der Waals surface area contributed by atoms with Crippen LogP contribution in [-0.2, 0) is 4.79 Å². The number of amides is 1. The number of H-pyrrole nitrogens is 1. The summed E-state index contributed by atoms with van der Waals surface area (Å²) in [7, 11) is 0. The van der Waals surface area contributed by atoms with Crippen LogP contribution in [0.25, 0.3) is 11.3 Å². The molecular weight excluding hydrogens is 446 g/mol. The van der Waals surface area contributed by atoms with E-state index in [1.165, 1.54) is 6.07 Å². The first-order chi connectivity index (χ1) is 16.9. The number of carbonyl (C=O) groups excluding carboxylic acids is 1. The van der Waals surface area contributed by atoms with Crippen molar-refractivity contribution < 1.29 is 19.4 Å². The van der Waals surface area contributed by atoms with E-state index < -0.39 is 0 Å². The highest BCUT2D eigenvalue weighted by molar-refractivity contribution is 6.00. The minimum Gasteiger partial charge on any atom is -0.507 e. The Bertz CT molecular complexity index is 1370. The Kier molecular flexibility index (Phi) is 6.96. The number of nitrogens with one attached hydrogen (secondary N) is 2. The highest BCUT2D eigenvalue weighted by Gasteiger charge is 2.18. The number of nitrogens with two attached hydrogens (primary N) is 1. The molecule has 9 nitrogen and oxygen atoms in total. The maximum absolute atomic E-state index is 12.3. The normalized spacial score (nSPS) is 11.2. The summed E-state index contributed by atoms with van der Waals surface area (Å²) in [6.45, 7) is 3.37. The summed E-state index contributed by atoms with van der Waals surface area (Å²) in [5.41, 5.74) is 3.69. The molecule has 1 aromatic heterocycles. The number of benzene rings is 3. The molecule has 0 saturated carbocycles. The largest absolute Gasteiger partial charge is 0.507 e. The van der Waals surface area contributed by atoms with E-state index in [9.17, 15) is 9.90 Å². The number of hydrazone groups is 1. The van der Waals surface area contributed by atoms with Crippen molar-refractivity contribution in [3.8, 4) is 34.3 Å². The first-order valence-corrected chi connectivity index (χ1v) is 10.8. The number of aryl methyl sites for hydroxylation is 1. The van der Waals surface area contributed by atoms with Crippen LogP contribution in [0.5, 0.6) is 23.0 Å². The second-order valence-electron chi connectivity index (χ2n) is 7.75. The molecular formula is C26H25N5O4. The zero-order chi connectivity index (χ0) is 24.8. The molecule has 0 saturated heterocycles. The molecule has 0 unspecified atom stereocenters. The van der Waals surface area contributed by atoms with Gasteiger partial charge in [0.2, 0.25) is 0 Å². The van der Waals surface area contributed by atoms with Crippen molar-refractivity contribution in [1.82, 2.24) is 10.2 Å². The van der Waals surface area contributed by atoms with Crippen molar-refractivity contribution in [3.05, 3.63) is 84.1 Å². The summed E-state index contributed by atoms with van der Waals surface area (Å²) in [5.74, 6) is 6.40. The van der Waals surface area contributed by atoms with Gasteiger partial charge in [0.25, 0.3) is 5.91 Å². The number of hydrogen-bond donors (Lipinski definition) is 4. The lowest BCUT2D eigenvalue weighted by Crippen LogP contribution is -2.20. The lowest BCUT2D eigenvalue weighted by atomic mass is 10.1. The van der Waals surface area contributed by atoms with Crippen molar-refractivity contribution in [3.63, 3.8) is 0 Å². The second-order valence-corrected chi connectivity index (χ2v) is 7.75. The van der Waals surface area contributed by atoms with Crippen molar-refractivity contribution in [1.29, 1.82) is 0 Å². The van der Waals surface area contributed by atoms with Gasteiger partial charge >= 0.3 is 0 Å². The molecule has 178 valence electrons. The molecule has 1 heterocycles. The van der Waals surface area contributed by atoms with Crippen LogP contribution in [0.2, 0.25) is 0 Å². The number of para-hydroxylation sites is 1. The van der Waals surface area contributed by atoms with Gasteiger partial charge < -0.3 is 25.7 Å². The van der Waals surface area contributed by atoms with E-state index in [1.54, 1.807) is 37.3 Å². The Morgan fingerprint density at radius 1 is 1.09 bits per heavy atom. The third-order valence-electron chi connectivity index (χ3n) is 5.21. The van der Waals surface area contributed by atoms with Crippen molar-refractivity contribution in [2.24, 2.45) is 10.9 Å². The number of nitrogens with zero attached hydrogens (tertiary/aromatic N) is 2. The number of anilines is 1. The Labute approximate surface area is 202 Å². The molecule has 9 heteroatoms. The van der Waals surface area contributed by atoms with Gasteiger partial charge in [-0.05, 0) is 55.8 Å². The van der Waals surface area contributed by atoms with Gasteiger partial charge in [0.1, 0.15) is 22.9 Å². The Morgan fingerprint density at radius 2 is 1.89 bits per heavy atom. The van der Waals surface area contributed by atoms with Gasteiger partial charge in [-0.25, -0.2) is 0 Å². The number of carbonyl (C=O) groups is 1. The summed E-state index contributed by atoms with van der Waals surface area (Å²) in [5, 5.41) is 24.2. The number of phenolic OH excluding ortho intramolecular Hbond substituents is 1. The van der Waals surface area contributed by atoms with Crippen LogP contribution in [-0.4, -0.2) is 33.5 Å². The second kappa shape index (κ2) is 10.4. The molecule has 4 rings (SSSR count). The highest BCUT2D eigenvalue weighted by Crippen LogP contribution is 2.39. The summed E-state index contributed by atoms with van der Waals surface area (Å²) in [4.78, 5) is 12.3. The van der Waals surface area contributed by atoms with Gasteiger partial charge in [-0.3, -0.25) is 9.89 Å². The lowest BCUT2D eigenvalue weighted by Gasteiger charge is -2.11. The predicted molar refractivity (Wildman–Crippen MR) is 134 cm³/mol. The first-order valence-electron chi connectivity index (χ1n) is 10.8. The number of hydrogen-bond acceptors (Lipinski definition) is 7. The van der Waals surface area contributed by atoms with E-state index >= 15 is 0 Å². The number of aromatic amines is 1. The maximum atomic E-state index is 12.3. The van der Waals surface area contributed by atoms with Crippen LogP contribution < -0.4 is 20.6 Å². The molecule has 5 N–H and O–H groups in total. The van der Waals surface area contributed by atoms with Gasteiger partial charge in [-0.1, -0.05) is 30.3 Å². The molecule has 1 amide bonds. The van der Waals surface area contributed by atoms with E-state index in [4.69, 9.17) is 15.3 Å². The van der Waals surface area contributed by atoms with Crippen LogP contribution in [0.4, 0.5) is 5.69 Å². The van der Waals surface area contributed by atoms with E-state index in [2.05, 4.69) is 20.6 Å². The molecule has 0 aliphatic rings. The van der Waals surface area contributed by atoms with E-state index in [0.717, 1.165) is 11.3 Å². The molecule has 0 aliphatic heterocycles. The van der Waals surface area contributed by atoms with Crippen LogP contribution in [0, 0.1) is 6.92 Å². The van der Waals surface area contributed by atoms with Crippen molar-refractivity contribution in [2.45, 2.75) is 13.8 Å². The molecule has 4 aromatic rings. The molecule has 0 atom stereocenters. The number of rotatable bonds is 8. The average Bonchev–Trinajstić information content (AvgIpc) is 3.22. The zero-order valence-corrected chi connectivity index (χ0v) is 19.3. The number of aromatic nitrogens is 2. The summed E-state index contributed by atoms with van der Waals surface area (Å²) < 4.78 is 11.5. The third kappa shape index (κ3) is 5.59. The monoisotopic (exact) mass is 471 g/mol. The number of phenols is 1. The molecule has 0 fully saturated rings. The van der Waals surface area contributed by atoms with Crippen molar-refractivity contribution >= 4 is 17.3 Å². The fourth-order valence-corrected chi connectivity index (χ4v) is 3.38. The van der Waals surface area contributed by atoms with Gasteiger partial charge in [0.05, 0.1) is 11.4 Å². The SMILES string of the molecule is CC(=NN)c1cccc(NC(=O)COc2ccc(-c3n[nH]c(C)c3Oc3ccccc3)c(O)c2)c1. The third-order valence-corrected chi connectivity index (χ3v) is 5.21. The molecule has 0 bridgehead atoms. The summed E-state index contributed by atoms with van der Waals surface area (Å²) in [6.07, 6.45) is 0. The van der Waals surface area contributed by atoms with E-state index in [-0.39, 0.29) is 18.3 Å². The van der Waals surface area contributed by atoms with Crippen molar-refractivity contribution in [2.75, 3.05) is 11.9 Å². The van der Waals surface area contributed by atoms with Crippen LogP contribution in [0.15, 0.2) is 77.9 Å². The van der Waals surface area contributed by atoms with Gasteiger partial charge in [0, 0.05) is 17.3 Å². The number of ether oxygens (including phenoxy) is 2. The van der Waals surface area contributed by atoms with Gasteiger partial charge in [0.15, 0.2) is 12.4 Å². The summed E-state index contributed by atoms with van der Waals surface area (Å²) >= 11 is 0. The minimum absolute atomic E-state index is 0.0587. The van der Waals surface area contributed by atoms with Crippen LogP contribution >= 0.6 is 0 Å².